The van der Waals surface area contributed by atoms with Crippen molar-refractivity contribution < 1.29 is 4.79 Å². The Hall–Kier alpha value is -1.66. The van der Waals surface area contributed by atoms with Gasteiger partial charge in [-0.15, -0.1) is 0 Å². The van der Waals surface area contributed by atoms with E-state index in [-0.39, 0.29) is 5.91 Å². The zero-order valence-electron chi connectivity index (χ0n) is 12.2. The molecule has 3 N–H and O–H groups in total. The summed E-state index contributed by atoms with van der Waals surface area (Å²) in [5.74, 6) is 5.40. The van der Waals surface area contributed by atoms with Gasteiger partial charge in [0.2, 0.25) is 0 Å². The van der Waals surface area contributed by atoms with Crippen LogP contribution in [0, 0.1) is 0 Å². The van der Waals surface area contributed by atoms with Gasteiger partial charge in [-0.1, -0.05) is 6.92 Å². The van der Waals surface area contributed by atoms with Gasteiger partial charge in [0.25, 0.3) is 5.91 Å². The molecule has 1 aliphatic rings. The number of anilines is 1. The fourth-order valence-electron chi connectivity index (χ4n) is 2.82. The number of nitrogens with zero attached hydrogens (tertiary/aromatic N) is 3. The summed E-state index contributed by atoms with van der Waals surface area (Å²) in [6.45, 7) is 5.09. The lowest BCUT2D eigenvalue weighted by Gasteiger charge is -2.28. The molecular formula is C14H23N5O. The zero-order valence-corrected chi connectivity index (χ0v) is 12.2. The number of carbonyl (C=O) groups excluding carboxylic acids is 1. The number of rotatable bonds is 5. The fraction of sp³-hybridized carbons (Fsp3) is 0.571. The summed E-state index contributed by atoms with van der Waals surface area (Å²) in [6.07, 6.45) is 5.54. The van der Waals surface area contributed by atoms with E-state index in [2.05, 4.69) is 22.2 Å². The van der Waals surface area contributed by atoms with E-state index in [0.29, 0.717) is 17.3 Å². The van der Waals surface area contributed by atoms with Gasteiger partial charge < -0.3 is 10.3 Å². The standard InChI is InChI=1S/C14H23N5O/c1-3-19-8-4-5-11(19)10-18(2)14(20)12-6-7-16-9-13(12)17-15/h6-7,9,11,17H,3-5,8,10,15H2,1-2H3. The molecule has 1 aromatic rings. The molecule has 6 nitrogen and oxygen atoms in total. The molecule has 0 aliphatic carbocycles. The molecule has 1 unspecified atom stereocenters. The van der Waals surface area contributed by atoms with Gasteiger partial charge in [0.15, 0.2) is 0 Å². The van der Waals surface area contributed by atoms with Gasteiger partial charge in [-0.2, -0.15) is 0 Å². The van der Waals surface area contributed by atoms with Crippen LogP contribution in [0.4, 0.5) is 5.69 Å². The van der Waals surface area contributed by atoms with Gasteiger partial charge in [-0.3, -0.25) is 20.5 Å². The molecule has 1 aromatic heterocycles. The number of likely N-dealkylation sites (N-methyl/N-ethyl adjacent to an activating group) is 2. The number of nitrogen functional groups attached to an aromatic ring is 1. The average molecular weight is 277 g/mol. The Morgan fingerprint density at radius 1 is 1.65 bits per heavy atom. The van der Waals surface area contributed by atoms with Gasteiger partial charge in [0.05, 0.1) is 17.4 Å². The molecule has 0 bridgehead atoms. The highest BCUT2D eigenvalue weighted by Crippen LogP contribution is 2.19. The number of hydrogen-bond donors (Lipinski definition) is 2. The van der Waals surface area contributed by atoms with Crippen LogP contribution in [0.5, 0.6) is 0 Å². The largest absolute Gasteiger partial charge is 0.340 e. The quantitative estimate of drug-likeness (QED) is 0.618. The molecule has 110 valence electrons. The van der Waals surface area contributed by atoms with Crippen molar-refractivity contribution in [3.8, 4) is 0 Å². The summed E-state index contributed by atoms with van der Waals surface area (Å²) in [5, 5.41) is 0. The molecule has 0 spiro atoms. The van der Waals surface area contributed by atoms with Crippen LogP contribution in [-0.2, 0) is 0 Å². The molecule has 0 saturated carbocycles. The van der Waals surface area contributed by atoms with Crippen molar-refractivity contribution in [2.45, 2.75) is 25.8 Å². The van der Waals surface area contributed by atoms with Crippen molar-refractivity contribution in [1.29, 1.82) is 0 Å². The Labute approximate surface area is 119 Å². The third-order valence-corrected chi connectivity index (χ3v) is 3.94. The smallest absolute Gasteiger partial charge is 0.255 e. The molecule has 1 saturated heterocycles. The molecule has 20 heavy (non-hydrogen) atoms. The van der Waals surface area contributed by atoms with Gasteiger partial charge in [0, 0.05) is 25.8 Å². The minimum atomic E-state index is -0.0247. The highest BCUT2D eigenvalue weighted by molar-refractivity contribution is 5.99. The number of aromatic nitrogens is 1. The number of nitrogens with one attached hydrogen (secondary N) is 1. The number of pyridine rings is 1. The topological polar surface area (TPSA) is 74.5 Å². The Balaban J connectivity index is 2.05. The van der Waals surface area contributed by atoms with Gasteiger partial charge in [0.1, 0.15) is 0 Å². The highest BCUT2D eigenvalue weighted by Gasteiger charge is 2.26. The Bertz CT molecular complexity index is 465. The van der Waals surface area contributed by atoms with E-state index in [0.717, 1.165) is 26.1 Å². The number of hydrazine groups is 1. The van der Waals surface area contributed by atoms with Crippen molar-refractivity contribution in [2.75, 3.05) is 32.1 Å². The lowest BCUT2D eigenvalue weighted by molar-refractivity contribution is 0.0755. The zero-order chi connectivity index (χ0) is 14.5. The molecule has 0 aromatic carbocycles. The van der Waals surface area contributed by atoms with Crippen LogP contribution in [0.2, 0.25) is 0 Å². The molecule has 1 atom stereocenters. The second-order valence-corrected chi connectivity index (χ2v) is 5.18. The molecule has 1 aliphatic heterocycles. The van der Waals surface area contributed by atoms with E-state index in [1.165, 1.54) is 6.42 Å². The number of amides is 1. The number of hydrogen-bond acceptors (Lipinski definition) is 5. The Kier molecular flexibility index (Phi) is 4.92. The monoisotopic (exact) mass is 277 g/mol. The van der Waals surface area contributed by atoms with Crippen molar-refractivity contribution in [2.24, 2.45) is 5.84 Å². The van der Waals surface area contributed by atoms with Gasteiger partial charge in [-0.05, 0) is 32.0 Å². The van der Waals surface area contributed by atoms with Crippen LogP contribution >= 0.6 is 0 Å². The lowest BCUT2D eigenvalue weighted by atomic mass is 10.1. The predicted octanol–water partition coefficient (Wildman–Crippen LogP) is 0.924. The number of likely N-dealkylation sites (tertiary alicyclic amines) is 1. The van der Waals surface area contributed by atoms with Crippen molar-refractivity contribution in [3.05, 3.63) is 24.0 Å². The van der Waals surface area contributed by atoms with Crippen LogP contribution in [0.15, 0.2) is 18.5 Å². The first-order valence-electron chi connectivity index (χ1n) is 7.07. The molecular weight excluding hydrogens is 254 g/mol. The summed E-state index contributed by atoms with van der Waals surface area (Å²) >= 11 is 0. The normalized spacial score (nSPS) is 19.1. The van der Waals surface area contributed by atoms with Crippen molar-refractivity contribution >= 4 is 11.6 Å². The van der Waals surface area contributed by atoms with Crippen LogP contribution < -0.4 is 11.3 Å². The number of carbonyl (C=O) groups is 1. The average Bonchev–Trinajstić information content (AvgIpc) is 2.93. The summed E-state index contributed by atoms with van der Waals surface area (Å²) in [5.41, 5.74) is 3.64. The van der Waals surface area contributed by atoms with Gasteiger partial charge in [-0.25, -0.2) is 0 Å². The van der Waals surface area contributed by atoms with Crippen molar-refractivity contribution in [1.82, 2.24) is 14.8 Å². The lowest BCUT2D eigenvalue weighted by Crippen LogP contribution is -2.41. The second-order valence-electron chi connectivity index (χ2n) is 5.18. The maximum atomic E-state index is 12.5. The number of nitrogens with two attached hydrogens (primary N) is 1. The minimum Gasteiger partial charge on any atom is -0.340 e. The van der Waals surface area contributed by atoms with E-state index < -0.39 is 0 Å². The maximum absolute atomic E-state index is 12.5. The third-order valence-electron chi connectivity index (χ3n) is 3.94. The molecule has 6 heteroatoms. The molecule has 2 rings (SSSR count). The fourth-order valence-corrected chi connectivity index (χ4v) is 2.82. The van der Waals surface area contributed by atoms with E-state index in [1.807, 2.05) is 7.05 Å². The van der Waals surface area contributed by atoms with Crippen LogP contribution in [-0.4, -0.2) is 53.4 Å². The molecule has 2 heterocycles. The van der Waals surface area contributed by atoms with E-state index >= 15 is 0 Å². The molecule has 1 amide bonds. The highest BCUT2D eigenvalue weighted by atomic mass is 16.2. The van der Waals surface area contributed by atoms with Gasteiger partial charge >= 0.3 is 0 Å². The van der Waals surface area contributed by atoms with Crippen LogP contribution in [0.1, 0.15) is 30.1 Å². The predicted molar refractivity (Wildman–Crippen MR) is 79.3 cm³/mol. The summed E-state index contributed by atoms with van der Waals surface area (Å²) in [6, 6.07) is 2.16. The summed E-state index contributed by atoms with van der Waals surface area (Å²) in [7, 11) is 1.84. The Morgan fingerprint density at radius 3 is 3.15 bits per heavy atom. The van der Waals surface area contributed by atoms with E-state index in [4.69, 9.17) is 5.84 Å². The first kappa shape index (κ1) is 14.7. The second kappa shape index (κ2) is 6.67. The first-order valence-corrected chi connectivity index (χ1v) is 7.07. The summed E-state index contributed by atoms with van der Waals surface area (Å²) < 4.78 is 0. The summed E-state index contributed by atoms with van der Waals surface area (Å²) in [4.78, 5) is 20.7. The minimum absolute atomic E-state index is 0.0247. The van der Waals surface area contributed by atoms with Crippen LogP contribution in [0.3, 0.4) is 0 Å². The molecule has 1 fully saturated rings. The van der Waals surface area contributed by atoms with Crippen molar-refractivity contribution in [3.63, 3.8) is 0 Å². The molecule has 0 radical (unpaired) electrons. The Morgan fingerprint density at radius 2 is 2.45 bits per heavy atom. The SMILES string of the molecule is CCN1CCCC1CN(C)C(=O)c1ccncc1NN. The van der Waals surface area contributed by atoms with Crippen LogP contribution in [0.25, 0.3) is 0 Å². The third kappa shape index (κ3) is 3.08. The van der Waals surface area contributed by atoms with E-state index in [9.17, 15) is 4.79 Å². The van der Waals surface area contributed by atoms with E-state index in [1.54, 1.807) is 23.4 Å². The first-order chi connectivity index (χ1) is 9.67. The maximum Gasteiger partial charge on any atom is 0.255 e.